The molecule has 0 saturated heterocycles. The highest BCUT2D eigenvalue weighted by atomic mass is 16.5. The summed E-state index contributed by atoms with van der Waals surface area (Å²) in [7, 11) is 0. The van der Waals surface area contributed by atoms with Gasteiger partial charge in [-0.25, -0.2) is 0 Å². The molecule has 0 saturated carbocycles. The molecule has 174 valence electrons. The van der Waals surface area contributed by atoms with Crippen LogP contribution in [0.15, 0.2) is 75.8 Å². The number of nitrogens with one attached hydrogen (secondary N) is 1. The number of nitrogens with two attached hydrogens (primary N) is 1. The molecule has 0 aliphatic carbocycles. The number of hydrogen-bond donors (Lipinski definition) is 2. The summed E-state index contributed by atoms with van der Waals surface area (Å²) in [6.45, 7) is 4.83. The minimum atomic E-state index is 0.399. The van der Waals surface area contributed by atoms with Crippen molar-refractivity contribution in [2.75, 3.05) is 13.2 Å². The fourth-order valence-corrected chi connectivity index (χ4v) is 4.26. The van der Waals surface area contributed by atoms with Gasteiger partial charge in [0.2, 0.25) is 0 Å². The van der Waals surface area contributed by atoms with Gasteiger partial charge in [0.15, 0.2) is 0 Å². The number of fused-ring (bicyclic) bond motifs is 2. The van der Waals surface area contributed by atoms with E-state index < -0.39 is 0 Å². The van der Waals surface area contributed by atoms with Crippen LogP contribution in [0.1, 0.15) is 34.6 Å². The van der Waals surface area contributed by atoms with Gasteiger partial charge >= 0.3 is 0 Å². The first-order chi connectivity index (χ1) is 16.7. The number of rotatable bonds is 10. The van der Waals surface area contributed by atoms with Crippen molar-refractivity contribution in [3.8, 4) is 5.75 Å². The zero-order chi connectivity index (χ0) is 23.3. The molecule has 3 aromatic heterocycles. The van der Waals surface area contributed by atoms with E-state index in [1.165, 1.54) is 11.1 Å². The van der Waals surface area contributed by atoms with Gasteiger partial charge in [-0.05, 0) is 67.4 Å². The van der Waals surface area contributed by atoms with E-state index in [2.05, 4.69) is 35.4 Å². The maximum atomic E-state index is 6.23. The second-order valence-electron chi connectivity index (χ2n) is 8.49. The number of aryl methyl sites for hydroxylation is 1. The van der Waals surface area contributed by atoms with Crippen LogP contribution in [0.2, 0.25) is 0 Å². The molecule has 0 spiro atoms. The van der Waals surface area contributed by atoms with Crippen molar-refractivity contribution in [3.63, 3.8) is 0 Å². The van der Waals surface area contributed by atoms with E-state index >= 15 is 0 Å². The maximum Gasteiger partial charge on any atom is 0.138 e. The molecule has 0 unspecified atom stereocenters. The zero-order valence-electron chi connectivity index (χ0n) is 19.3. The lowest BCUT2D eigenvalue weighted by Crippen LogP contribution is -2.17. The molecule has 3 heterocycles. The predicted molar refractivity (Wildman–Crippen MR) is 134 cm³/mol. The SMILES string of the molecule is Cc1c(Cc2ccc3oc(CN)cc3c2)oc2cccc(OCCCNCc3cccnc3)c12. The molecule has 3 N–H and O–H groups in total. The smallest absolute Gasteiger partial charge is 0.138 e. The van der Waals surface area contributed by atoms with Crippen molar-refractivity contribution >= 4 is 21.9 Å². The first-order valence-corrected chi connectivity index (χ1v) is 11.7. The predicted octanol–water partition coefficient (Wildman–Crippen LogP) is 5.49. The summed E-state index contributed by atoms with van der Waals surface area (Å²) < 4.78 is 18.1. The van der Waals surface area contributed by atoms with Crippen LogP contribution in [0.5, 0.6) is 5.75 Å². The normalized spacial score (nSPS) is 11.5. The van der Waals surface area contributed by atoms with Crippen molar-refractivity contribution in [2.45, 2.75) is 32.9 Å². The summed E-state index contributed by atoms with van der Waals surface area (Å²) in [6.07, 6.45) is 5.29. The molecule has 5 rings (SSSR count). The van der Waals surface area contributed by atoms with Crippen LogP contribution < -0.4 is 15.8 Å². The van der Waals surface area contributed by atoms with E-state index in [0.717, 1.165) is 64.3 Å². The highest BCUT2D eigenvalue weighted by Crippen LogP contribution is 2.34. The molecule has 0 aliphatic rings. The first kappa shape index (κ1) is 22.2. The lowest BCUT2D eigenvalue weighted by Gasteiger charge is -2.08. The zero-order valence-corrected chi connectivity index (χ0v) is 19.3. The Kier molecular flexibility index (Phi) is 6.60. The summed E-state index contributed by atoms with van der Waals surface area (Å²) in [5.74, 6) is 2.61. The van der Waals surface area contributed by atoms with Crippen molar-refractivity contribution in [2.24, 2.45) is 5.73 Å². The number of nitrogens with zero attached hydrogens (tertiary/aromatic N) is 1. The first-order valence-electron chi connectivity index (χ1n) is 11.7. The van der Waals surface area contributed by atoms with Crippen molar-refractivity contribution in [1.82, 2.24) is 10.3 Å². The number of hydrogen-bond acceptors (Lipinski definition) is 6. The number of benzene rings is 2. The highest BCUT2D eigenvalue weighted by molar-refractivity contribution is 5.88. The molecule has 0 amide bonds. The Hall–Kier alpha value is -3.61. The molecule has 0 radical (unpaired) electrons. The van der Waals surface area contributed by atoms with Crippen LogP contribution >= 0.6 is 0 Å². The van der Waals surface area contributed by atoms with E-state index in [1.807, 2.05) is 42.6 Å². The maximum absolute atomic E-state index is 6.23. The molecule has 2 aromatic carbocycles. The van der Waals surface area contributed by atoms with Crippen LogP contribution in [0.4, 0.5) is 0 Å². The Bertz CT molecular complexity index is 1390. The van der Waals surface area contributed by atoms with Gasteiger partial charge in [-0.1, -0.05) is 18.2 Å². The summed E-state index contributed by atoms with van der Waals surface area (Å²) >= 11 is 0. The molecule has 0 fully saturated rings. The number of ether oxygens (including phenoxy) is 1. The van der Waals surface area contributed by atoms with Crippen molar-refractivity contribution in [1.29, 1.82) is 0 Å². The molecule has 6 nitrogen and oxygen atoms in total. The lowest BCUT2D eigenvalue weighted by atomic mass is 10.0. The van der Waals surface area contributed by atoms with E-state index in [9.17, 15) is 0 Å². The van der Waals surface area contributed by atoms with Gasteiger partial charge in [-0.2, -0.15) is 0 Å². The Morgan fingerprint density at radius 3 is 2.79 bits per heavy atom. The summed E-state index contributed by atoms with van der Waals surface area (Å²) in [5, 5.41) is 5.55. The molecule has 0 atom stereocenters. The van der Waals surface area contributed by atoms with Crippen molar-refractivity contribution in [3.05, 3.63) is 95.2 Å². The lowest BCUT2D eigenvalue weighted by molar-refractivity contribution is 0.311. The summed E-state index contributed by atoms with van der Waals surface area (Å²) in [6, 6.07) is 18.2. The van der Waals surface area contributed by atoms with Crippen LogP contribution in [0.3, 0.4) is 0 Å². The largest absolute Gasteiger partial charge is 0.493 e. The van der Waals surface area contributed by atoms with E-state index in [1.54, 1.807) is 6.20 Å². The summed E-state index contributed by atoms with van der Waals surface area (Å²) in [4.78, 5) is 4.14. The van der Waals surface area contributed by atoms with Gasteiger partial charge in [0.05, 0.1) is 18.5 Å². The molecule has 34 heavy (non-hydrogen) atoms. The van der Waals surface area contributed by atoms with Crippen LogP contribution in [0.25, 0.3) is 21.9 Å². The van der Waals surface area contributed by atoms with Gasteiger partial charge in [-0.3, -0.25) is 4.98 Å². The average Bonchev–Trinajstić information content (AvgIpc) is 3.42. The van der Waals surface area contributed by atoms with Gasteiger partial charge in [0.1, 0.15) is 28.4 Å². The number of aromatic nitrogens is 1. The van der Waals surface area contributed by atoms with E-state index in [0.29, 0.717) is 19.6 Å². The van der Waals surface area contributed by atoms with Crippen LogP contribution in [-0.4, -0.2) is 18.1 Å². The quantitative estimate of drug-likeness (QED) is 0.271. The topological polar surface area (TPSA) is 86.5 Å². The second kappa shape index (κ2) is 10.1. The fraction of sp³-hybridized carbons (Fsp3) is 0.250. The number of pyridine rings is 1. The average molecular weight is 456 g/mol. The minimum Gasteiger partial charge on any atom is -0.493 e. The Morgan fingerprint density at radius 2 is 1.94 bits per heavy atom. The van der Waals surface area contributed by atoms with Gasteiger partial charge in [0, 0.05) is 36.3 Å². The fourth-order valence-electron chi connectivity index (χ4n) is 4.26. The third kappa shape index (κ3) is 4.83. The molecule has 6 heteroatoms. The molecule has 0 bridgehead atoms. The Balaban J connectivity index is 1.23. The third-order valence-corrected chi connectivity index (χ3v) is 6.02. The summed E-state index contributed by atoms with van der Waals surface area (Å²) in [5.41, 5.74) is 10.9. The van der Waals surface area contributed by atoms with Gasteiger partial charge < -0.3 is 24.6 Å². The molecule has 0 aliphatic heterocycles. The number of furan rings is 2. The van der Waals surface area contributed by atoms with Crippen LogP contribution in [0, 0.1) is 6.92 Å². The van der Waals surface area contributed by atoms with Crippen LogP contribution in [-0.2, 0) is 19.5 Å². The Morgan fingerprint density at radius 1 is 1.00 bits per heavy atom. The van der Waals surface area contributed by atoms with E-state index in [-0.39, 0.29) is 0 Å². The van der Waals surface area contributed by atoms with Gasteiger partial charge in [0.25, 0.3) is 0 Å². The monoisotopic (exact) mass is 455 g/mol. The van der Waals surface area contributed by atoms with Gasteiger partial charge in [-0.15, -0.1) is 0 Å². The van der Waals surface area contributed by atoms with Crippen molar-refractivity contribution < 1.29 is 13.6 Å². The highest BCUT2D eigenvalue weighted by Gasteiger charge is 2.16. The molecular weight excluding hydrogens is 426 g/mol. The van der Waals surface area contributed by atoms with E-state index in [4.69, 9.17) is 19.3 Å². The third-order valence-electron chi connectivity index (χ3n) is 6.02. The standard InChI is InChI=1S/C28H29N3O3/c1-19-27(14-20-8-9-24-22(13-20)15-23(16-29)33-24)34-26-7-2-6-25(28(19)26)32-12-4-11-31-18-21-5-3-10-30-17-21/h2-3,5-10,13,15,17,31H,4,11-12,14,16,18,29H2,1H3. The molecule has 5 aromatic rings. The minimum absolute atomic E-state index is 0.399. The molecular formula is C28H29N3O3. The second-order valence-corrected chi connectivity index (χ2v) is 8.49. The Labute approximate surface area is 198 Å².